The van der Waals surface area contributed by atoms with E-state index in [1.807, 2.05) is 20.8 Å². The fraction of sp³-hybridized carbons (Fsp3) is 0.933. The molecule has 0 saturated heterocycles. The third kappa shape index (κ3) is 2.57. The van der Waals surface area contributed by atoms with Gasteiger partial charge in [-0.2, -0.15) is 0 Å². The van der Waals surface area contributed by atoms with Gasteiger partial charge in [0.15, 0.2) is 0 Å². The molecule has 0 heterocycles. The molecular weight excluding hydrogens is 212 g/mol. The van der Waals surface area contributed by atoms with Gasteiger partial charge >= 0.3 is 0 Å². The maximum atomic E-state index is 10.9. The van der Waals surface area contributed by atoms with Crippen molar-refractivity contribution in [2.75, 3.05) is 0 Å². The first-order chi connectivity index (χ1) is 8.09. The fourth-order valence-electron chi connectivity index (χ4n) is 4.15. The van der Waals surface area contributed by atoms with E-state index in [0.717, 1.165) is 32.0 Å². The zero-order valence-electron chi connectivity index (χ0n) is 11.8. The molecule has 100 valence electrons. The predicted molar refractivity (Wildman–Crippen MR) is 70.8 cm³/mol. The van der Waals surface area contributed by atoms with Crippen molar-refractivity contribution >= 4 is 6.29 Å². The molecule has 1 N–H and O–H groups in total. The normalized spacial score (nSPS) is 42.1. The molecule has 2 fully saturated rings. The highest BCUT2D eigenvalue weighted by Crippen LogP contribution is 2.57. The first-order valence-corrected chi connectivity index (χ1v) is 7.23. The largest absolute Gasteiger partial charge is 0.393 e. The van der Waals surface area contributed by atoms with Crippen molar-refractivity contribution in [3.63, 3.8) is 0 Å². The zero-order valence-corrected chi connectivity index (χ0v) is 11.8. The van der Waals surface area contributed by atoms with Crippen LogP contribution < -0.4 is 0 Å². The molecule has 2 aliphatic carbocycles. The van der Waals surface area contributed by atoms with Gasteiger partial charge in [0, 0.05) is 5.92 Å². The highest BCUT2D eigenvalue weighted by Gasteiger charge is 2.52. The average molecular weight is 240 g/mol. The maximum absolute atomic E-state index is 10.9. The summed E-state index contributed by atoms with van der Waals surface area (Å²) in [4.78, 5) is 10.9. The number of aldehydes is 1. The van der Waals surface area contributed by atoms with Crippen LogP contribution in [-0.4, -0.2) is 17.5 Å². The van der Waals surface area contributed by atoms with Gasteiger partial charge in [0.2, 0.25) is 0 Å². The number of aliphatic hydroxyl groups excluding tert-OH is 1. The van der Waals surface area contributed by atoms with E-state index in [0.29, 0.717) is 11.8 Å². The molecule has 0 bridgehead atoms. The van der Waals surface area contributed by atoms with Crippen molar-refractivity contribution in [1.29, 1.82) is 0 Å². The van der Waals surface area contributed by atoms with Gasteiger partial charge in [-0.15, -0.1) is 0 Å². The summed E-state index contributed by atoms with van der Waals surface area (Å²) in [6.07, 6.45) is 6.49. The lowest BCUT2D eigenvalue weighted by molar-refractivity contribution is -0.114. The Morgan fingerprint density at radius 3 is 2.53 bits per heavy atom. The lowest BCUT2D eigenvalue weighted by atomic mass is 9.62. The molecule has 17 heavy (non-hydrogen) atoms. The third-order valence-electron chi connectivity index (χ3n) is 5.01. The van der Waals surface area contributed by atoms with Crippen LogP contribution in [0, 0.1) is 23.2 Å². The molecule has 0 aromatic heterocycles. The van der Waals surface area contributed by atoms with E-state index in [2.05, 4.69) is 6.92 Å². The van der Waals surface area contributed by atoms with Gasteiger partial charge in [-0.3, -0.25) is 0 Å². The first kappa shape index (κ1) is 14.7. The molecule has 2 rings (SSSR count). The fourth-order valence-corrected chi connectivity index (χ4v) is 4.15. The minimum atomic E-state index is -0.118. The van der Waals surface area contributed by atoms with Gasteiger partial charge in [-0.25, -0.2) is 0 Å². The second-order valence-corrected chi connectivity index (χ2v) is 5.75. The number of fused-ring (bicyclic) bond motifs is 1. The van der Waals surface area contributed by atoms with Crippen molar-refractivity contribution in [1.82, 2.24) is 0 Å². The molecule has 0 amide bonds. The summed E-state index contributed by atoms with van der Waals surface area (Å²) >= 11 is 0. The molecule has 4 unspecified atom stereocenters. The number of carbonyl (C=O) groups excluding carboxylic acids is 1. The molecule has 0 spiro atoms. The molecule has 0 radical (unpaired) electrons. The van der Waals surface area contributed by atoms with E-state index in [-0.39, 0.29) is 17.4 Å². The summed E-state index contributed by atoms with van der Waals surface area (Å²) in [6.45, 7) is 8.32. The van der Waals surface area contributed by atoms with Gasteiger partial charge in [0.05, 0.1) is 6.10 Å². The minimum Gasteiger partial charge on any atom is -0.393 e. The smallest absolute Gasteiger partial charge is 0.123 e. The zero-order chi connectivity index (χ0) is 13.1. The molecule has 2 saturated carbocycles. The van der Waals surface area contributed by atoms with Crippen LogP contribution >= 0.6 is 0 Å². The summed E-state index contributed by atoms with van der Waals surface area (Å²) in [5, 5.41) is 10.0. The summed E-state index contributed by atoms with van der Waals surface area (Å²) < 4.78 is 0. The number of aliphatic hydroxyl groups is 1. The predicted octanol–water partition coefficient (Wildman–Crippen LogP) is 3.42. The van der Waals surface area contributed by atoms with E-state index in [1.54, 1.807) is 0 Å². The highest BCUT2D eigenvalue weighted by molar-refractivity contribution is 5.53. The van der Waals surface area contributed by atoms with Gasteiger partial charge in [0.1, 0.15) is 6.29 Å². The Morgan fingerprint density at radius 2 is 1.94 bits per heavy atom. The maximum Gasteiger partial charge on any atom is 0.123 e. The molecule has 0 aliphatic heterocycles. The van der Waals surface area contributed by atoms with Crippen LogP contribution in [0.3, 0.4) is 0 Å². The van der Waals surface area contributed by atoms with Crippen LogP contribution in [0.15, 0.2) is 0 Å². The van der Waals surface area contributed by atoms with Crippen LogP contribution in [0.4, 0.5) is 0 Å². The topological polar surface area (TPSA) is 37.3 Å². The Morgan fingerprint density at radius 1 is 1.29 bits per heavy atom. The summed E-state index contributed by atoms with van der Waals surface area (Å²) in [6, 6.07) is 0. The average Bonchev–Trinajstić information content (AvgIpc) is 2.69. The van der Waals surface area contributed by atoms with Gasteiger partial charge < -0.3 is 9.90 Å². The van der Waals surface area contributed by atoms with Crippen LogP contribution in [0.2, 0.25) is 0 Å². The van der Waals surface area contributed by atoms with E-state index in [9.17, 15) is 9.90 Å². The number of hydrogen-bond donors (Lipinski definition) is 1. The Labute approximate surface area is 106 Å². The van der Waals surface area contributed by atoms with Crippen molar-refractivity contribution in [3.05, 3.63) is 0 Å². The van der Waals surface area contributed by atoms with Crippen molar-refractivity contribution < 1.29 is 9.90 Å². The van der Waals surface area contributed by atoms with Crippen molar-refractivity contribution in [3.8, 4) is 0 Å². The van der Waals surface area contributed by atoms with E-state index in [4.69, 9.17) is 0 Å². The Bertz CT molecular complexity index is 251. The lowest BCUT2D eigenvalue weighted by Crippen LogP contribution is -2.41. The Kier molecular flexibility index (Phi) is 5.18. The molecule has 0 aromatic carbocycles. The molecule has 5 atom stereocenters. The first-order valence-electron chi connectivity index (χ1n) is 7.23. The van der Waals surface area contributed by atoms with E-state index >= 15 is 0 Å². The molecule has 2 heteroatoms. The number of carbonyl (C=O) groups is 1. The Hall–Kier alpha value is -0.370. The number of rotatable bonds is 2. The van der Waals surface area contributed by atoms with Crippen LogP contribution in [-0.2, 0) is 4.79 Å². The molecule has 2 nitrogen and oxygen atoms in total. The van der Waals surface area contributed by atoms with Crippen LogP contribution in [0.25, 0.3) is 0 Å². The van der Waals surface area contributed by atoms with Gasteiger partial charge in [-0.1, -0.05) is 34.1 Å². The second kappa shape index (κ2) is 5.99. The SMILES string of the molecule is CC.C[C@H](C=O)C1CCC2C(O)CCCC21C. The summed E-state index contributed by atoms with van der Waals surface area (Å²) in [7, 11) is 0. The molecule has 0 aromatic rings. The monoisotopic (exact) mass is 240 g/mol. The van der Waals surface area contributed by atoms with Crippen molar-refractivity contribution in [2.45, 2.75) is 65.9 Å². The Balaban J connectivity index is 0.000000686. The second-order valence-electron chi connectivity index (χ2n) is 5.75. The van der Waals surface area contributed by atoms with Gasteiger partial charge in [0.25, 0.3) is 0 Å². The van der Waals surface area contributed by atoms with E-state index in [1.165, 1.54) is 6.42 Å². The third-order valence-corrected chi connectivity index (χ3v) is 5.01. The van der Waals surface area contributed by atoms with E-state index < -0.39 is 0 Å². The summed E-state index contributed by atoms with van der Waals surface area (Å²) in [5.41, 5.74) is 0.220. The van der Waals surface area contributed by atoms with Crippen LogP contribution in [0.1, 0.15) is 59.8 Å². The van der Waals surface area contributed by atoms with Crippen LogP contribution in [0.5, 0.6) is 0 Å². The van der Waals surface area contributed by atoms with Crippen molar-refractivity contribution in [2.24, 2.45) is 23.2 Å². The minimum absolute atomic E-state index is 0.118. The lowest BCUT2D eigenvalue weighted by Gasteiger charge is -2.44. The summed E-state index contributed by atoms with van der Waals surface area (Å²) in [5.74, 6) is 1.10. The molecular formula is C15H28O2. The standard InChI is InChI=1S/C13H22O2.C2H6/c1-9(8-14)10-5-6-11-12(15)4-3-7-13(10,11)2;1-2/h8-12,15H,3-7H2,1-2H3;1-2H3/t9-,10?,11?,12?,13?;/m1./s1. The van der Waals surface area contributed by atoms with Gasteiger partial charge in [-0.05, 0) is 42.9 Å². The number of hydrogen-bond acceptors (Lipinski definition) is 2. The quantitative estimate of drug-likeness (QED) is 0.751. The highest BCUT2D eigenvalue weighted by atomic mass is 16.3. The molecule has 2 aliphatic rings.